The minimum absolute atomic E-state index is 0.369. The fourth-order valence-corrected chi connectivity index (χ4v) is 3.61. The number of carbonyl (C=O) groups excluding carboxylic acids is 1. The number of fused-ring (bicyclic) bond motifs is 1. The SMILES string of the molecule is CNC(=O)[C@H]1O[C@@H](n2cnc3c(NCc4cc(OC)ccc4OC)ncnc32)[C@H](O)[C@@H]1O. The van der Waals surface area contributed by atoms with Gasteiger partial charge in [0, 0.05) is 19.2 Å². The zero-order chi connectivity index (χ0) is 22.8. The summed E-state index contributed by atoms with van der Waals surface area (Å²) in [6.45, 7) is 0.374. The molecule has 32 heavy (non-hydrogen) atoms. The molecule has 0 bridgehead atoms. The third kappa shape index (κ3) is 3.79. The van der Waals surface area contributed by atoms with E-state index in [0.29, 0.717) is 35.0 Å². The number of nitrogens with zero attached hydrogens (tertiary/aromatic N) is 4. The summed E-state index contributed by atoms with van der Waals surface area (Å²) in [6.07, 6.45) is -2.22. The van der Waals surface area contributed by atoms with E-state index >= 15 is 0 Å². The molecule has 0 spiro atoms. The number of amides is 1. The van der Waals surface area contributed by atoms with Gasteiger partial charge in [0.2, 0.25) is 0 Å². The minimum atomic E-state index is -1.39. The smallest absolute Gasteiger partial charge is 0.251 e. The van der Waals surface area contributed by atoms with Crippen LogP contribution in [0.5, 0.6) is 11.5 Å². The Labute approximate surface area is 183 Å². The van der Waals surface area contributed by atoms with Gasteiger partial charge in [-0.05, 0) is 18.2 Å². The van der Waals surface area contributed by atoms with E-state index in [0.717, 1.165) is 5.56 Å². The average Bonchev–Trinajstić information content (AvgIpc) is 3.38. The number of carbonyl (C=O) groups is 1. The number of hydrogen-bond donors (Lipinski definition) is 4. The normalized spacial score (nSPS) is 22.7. The zero-order valence-corrected chi connectivity index (χ0v) is 17.7. The number of likely N-dealkylation sites (N-methyl/N-ethyl adjacent to an activating group) is 1. The molecule has 0 saturated carbocycles. The van der Waals surface area contributed by atoms with Crippen LogP contribution in [0.15, 0.2) is 30.9 Å². The van der Waals surface area contributed by atoms with Crippen LogP contribution in [0.1, 0.15) is 11.8 Å². The van der Waals surface area contributed by atoms with E-state index in [1.807, 2.05) is 12.1 Å². The Kier molecular flexibility index (Phi) is 6.08. The molecule has 0 radical (unpaired) electrons. The van der Waals surface area contributed by atoms with Crippen molar-refractivity contribution in [2.24, 2.45) is 0 Å². The van der Waals surface area contributed by atoms with Crippen LogP contribution in [0.3, 0.4) is 0 Å². The summed E-state index contributed by atoms with van der Waals surface area (Å²) in [7, 11) is 4.60. The van der Waals surface area contributed by atoms with Gasteiger partial charge in [0.1, 0.15) is 30.0 Å². The van der Waals surface area contributed by atoms with Crippen molar-refractivity contribution in [1.82, 2.24) is 24.8 Å². The fraction of sp³-hybridized carbons (Fsp3) is 0.400. The number of hydrogen-bond acceptors (Lipinski definition) is 10. The molecule has 4 atom stereocenters. The highest BCUT2D eigenvalue weighted by Gasteiger charge is 2.47. The van der Waals surface area contributed by atoms with E-state index in [1.54, 1.807) is 20.3 Å². The predicted octanol–water partition coefficient (Wildman–Crippen LogP) is -0.179. The highest BCUT2D eigenvalue weighted by atomic mass is 16.6. The molecule has 0 aliphatic carbocycles. The van der Waals surface area contributed by atoms with Crippen LogP contribution in [0, 0.1) is 0 Å². The van der Waals surface area contributed by atoms with Gasteiger partial charge in [0.15, 0.2) is 29.3 Å². The van der Waals surface area contributed by atoms with Crippen molar-refractivity contribution >= 4 is 22.9 Å². The molecule has 4 rings (SSSR count). The summed E-state index contributed by atoms with van der Waals surface area (Å²) < 4.78 is 17.8. The van der Waals surface area contributed by atoms with Crippen molar-refractivity contribution in [2.75, 3.05) is 26.6 Å². The summed E-state index contributed by atoms with van der Waals surface area (Å²) in [5.41, 5.74) is 1.65. The Balaban J connectivity index is 1.60. The van der Waals surface area contributed by atoms with E-state index in [4.69, 9.17) is 14.2 Å². The molecule has 1 fully saturated rings. The Hall–Kier alpha value is -3.48. The standard InChI is InChI=1S/C20H24N6O6/c1-21-19(29)16-14(27)15(28)20(32-16)26-9-25-13-17(23-8-24-18(13)26)22-7-10-6-11(30-2)4-5-12(10)31-3/h4-6,8-9,14-16,20,27-28H,7H2,1-3H3,(H,21,29)(H,22,23,24)/t14-,15+,16-,20+/m0/s1. The summed E-state index contributed by atoms with van der Waals surface area (Å²) >= 11 is 0. The van der Waals surface area contributed by atoms with Gasteiger partial charge in [-0.25, -0.2) is 15.0 Å². The Morgan fingerprint density at radius 3 is 2.72 bits per heavy atom. The minimum Gasteiger partial charge on any atom is -0.497 e. The third-order valence-electron chi connectivity index (χ3n) is 5.31. The van der Waals surface area contributed by atoms with Gasteiger partial charge < -0.3 is 35.1 Å². The molecule has 1 saturated heterocycles. The molecule has 0 unspecified atom stereocenters. The summed E-state index contributed by atoms with van der Waals surface area (Å²) in [6, 6.07) is 5.47. The first kappa shape index (κ1) is 21.7. The van der Waals surface area contributed by atoms with Gasteiger partial charge in [-0.15, -0.1) is 0 Å². The van der Waals surface area contributed by atoms with Crippen molar-refractivity contribution in [1.29, 1.82) is 0 Å². The number of nitrogens with one attached hydrogen (secondary N) is 2. The van der Waals surface area contributed by atoms with Gasteiger partial charge in [-0.3, -0.25) is 9.36 Å². The Morgan fingerprint density at radius 1 is 1.19 bits per heavy atom. The number of imidazole rings is 1. The molecule has 12 nitrogen and oxygen atoms in total. The van der Waals surface area contributed by atoms with Crippen LogP contribution < -0.4 is 20.1 Å². The first-order chi connectivity index (χ1) is 15.5. The summed E-state index contributed by atoms with van der Waals surface area (Å²) in [4.78, 5) is 24.8. The fourth-order valence-electron chi connectivity index (χ4n) is 3.61. The molecular weight excluding hydrogens is 420 g/mol. The van der Waals surface area contributed by atoms with Gasteiger partial charge in [0.05, 0.1) is 20.5 Å². The topological polar surface area (TPSA) is 153 Å². The molecule has 4 N–H and O–H groups in total. The second-order valence-electron chi connectivity index (χ2n) is 7.12. The quantitative estimate of drug-likeness (QED) is 0.386. The van der Waals surface area contributed by atoms with Crippen molar-refractivity contribution in [3.05, 3.63) is 36.4 Å². The van der Waals surface area contributed by atoms with Gasteiger partial charge in [-0.2, -0.15) is 0 Å². The van der Waals surface area contributed by atoms with E-state index in [9.17, 15) is 15.0 Å². The second kappa shape index (κ2) is 8.94. The van der Waals surface area contributed by atoms with Crippen molar-refractivity contribution in [2.45, 2.75) is 31.1 Å². The summed E-state index contributed by atoms with van der Waals surface area (Å²) in [5, 5.41) is 26.3. The van der Waals surface area contributed by atoms with Crippen molar-refractivity contribution in [3.63, 3.8) is 0 Å². The van der Waals surface area contributed by atoms with Crippen LogP contribution in [-0.2, 0) is 16.1 Å². The van der Waals surface area contributed by atoms with Crippen LogP contribution in [-0.4, -0.2) is 75.2 Å². The van der Waals surface area contributed by atoms with Crippen LogP contribution in [0.2, 0.25) is 0 Å². The monoisotopic (exact) mass is 444 g/mol. The highest BCUT2D eigenvalue weighted by molar-refractivity contribution is 5.83. The summed E-state index contributed by atoms with van der Waals surface area (Å²) in [5.74, 6) is 1.30. The van der Waals surface area contributed by atoms with Gasteiger partial charge in [-0.1, -0.05) is 0 Å². The molecule has 1 aromatic carbocycles. The van der Waals surface area contributed by atoms with Gasteiger partial charge in [0.25, 0.3) is 5.91 Å². The van der Waals surface area contributed by atoms with Crippen LogP contribution in [0.4, 0.5) is 5.82 Å². The number of aliphatic hydroxyl groups excluding tert-OH is 2. The third-order valence-corrected chi connectivity index (χ3v) is 5.31. The molecule has 3 aromatic rings. The average molecular weight is 444 g/mol. The first-order valence-corrected chi connectivity index (χ1v) is 9.84. The molecule has 1 aliphatic heterocycles. The Bertz CT molecular complexity index is 1120. The number of aliphatic hydroxyl groups is 2. The number of benzene rings is 1. The molecule has 3 heterocycles. The largest absolute Gasteiger partial charge is 0.497 e. The van der Waals surface area contributed by atoms with E-state index < -0.39 is 30.4 Å². The number of ether oxygens (including phenoxy) is 3. The van der Waals surface area contributed by atoms with E-state index in [-0.39, 0.29) is 0 Å². The first-order valence-electron chi connectivity index (χ1n) is 9.84. The number of rotatable bonds is 7. The maximum Gasteiger partial charge on any atom is 0.251 e. The second-order valence-corrected chi connectivity index (χ2v) is 7.12. The predicted molar refractivity (Wildman–Crippen MR) is 112 cm³/mol. The molecular formula is C20H24N6O6. The van der Waals surface area contributed by atoms with E-state index in [1.165, 1.54) is 24.3 Å². The van der Waals surface area contributed by atoms with Crippen LogP contribution >= 0.6 is 0 Å². The van der Waals surface area contributed by atoms with Crippen LogP contribution in [0.25, 0.3) is 11.2 Å². The lowest BCUT2D eigenvalue weighted by molar-refractivity contribution is -0.137. The lowest BCUT2D eigenvalue weighted by Gasteiger charge is -2.16. The molecule has 170 valence electrons. The van der Waals surface area contributed by atoms with Gasteiger partial charge >= 0.3 is 0 Å². The van der Waals surface area contributed by atoms with E-state index in [2.05, 4.69) is 25.6 Å². The number of anilines is 1. The zero-order valence-electron chi connectivity index (χ0n) is 17.7. The maximum absolute atomic E-state index is 11.9. The lowest BCUT2D eigenvalue weighted by atomic mass is 10.1. The van der Waals surface area contributed by atoms with Crippen molar-refractivity contribution < 1.29 is 29.2 Å². The number of aromatic nitrogens is 4. The molecule has 12 heteroatoms. The molecule has 2 aromatic heterocycles. The number of methoxy groups -OCH3 is 2. The highest BCUT2D eigenvalue weighted by Crippen LogP contribution is 2.32. The maximum atomic E-state index is 11.9. The Morgan fingerprint density at radius 2 is 2.00 bits per heavy atom. The molecule has 1 aliphatic rings. The van der Waals surface area contributed by atoms with Crippen molar-refractivity contribution in [3.8, 4) is 11.5 Å². The lowest BCUT2D eigenvalue weighted by Crippen LogP contribution is -2.41. The molecule has 1 amide bonds.